The Balaban J connectivity index is 0.00000132. The predicted molar refractivity (Wildman–Crippen MR) is 88.5 cm³/mol. The van der Waals surface area contributed by atoms with E-state index in [2.05, 4.69) is 15.3 Å². The maximum atomic E-state index is 13.8. The van der Waals surface area contributed by atoms with Crippen LogP contribution < -0.4 is 5.32 Å². The summed E-state index contributed by atoms with van der Waals surface area (Å²) in [6, 6.07) is 1.20. The summed E-state index contributed by atoms with van der Waals surface area (Å²) in [5, 5.41) is 3.25. The first-order valence-corrected chi connectivity index (χ1v) is 6.77. The second kappa shape index (κ2) is 8.24. The highest BCUT2D eigenvalue weighted by Crippen LogP contribution is 2.23. The SMILES string of the molecule is Cl.Cl.Cn1ccnc1C1CNCCN1C(=O)c1ccncc1F. The van der Waals surface area contributed by atoms with E-state index in [0.717, 1.165) is 12.0 Å². The van der Waals surface area contributed by atoms with Gasteiger partial charge in [0.25, 0.3) is 5.91 Å². The van der Waals surface area contributed by atoms with E-state index in [-0.39, 0.29) is 42.3 Å². The molecule has 0 aromatic carbocycles. The number of pyridine rings is 1. The first-order chi connectivity index (χ1) is 10.2. The minimum Gasteiger partial charge on any atom is -0.336 e. The average Bonchev–Trinajstić information content (AvgIpc) is 2.93. The van der Waals surface area contributed by atoms with Crippen molar-refractivity contribution in [3.8, 4) is 0 Å². The molecular weight excluding hydrogens is 344 g/mol. The molecule has 1 aliphatic heterocycles. The van der Waals surface area contributed by atoms with Gasteiger partial charge in [-0.25, -0.2) is 9.37 Å². The van der Waals surface area contributed by atoms with Crippen molar-refractivity contribution in [3.63, 3.8) is 0 Å². The number of aryl methyl sites for hydroxylation is 1. The smallest absolute Gasteiger partial charge is 0.257 e. The molecule has 3 rings (SSSR count). The third-order valence-electron chi connectivity index (χ3n) is 3.66. The van der Waals surface area contributed by atoms with E-state index in [4.69, 9.17) is 0 Å². The topological polar surface area (TPSA) is 63.1 Å². The van der Waals surface area contributed by atoms with Gasteiger partial charge in [0.1, 0.15) is 11.9 Å². The van der Waals surface area contributed by atoms with E-state index in [1.165, 1.54) is 12.3 Å². The number of aromatic nitrogens is 3. The van der Waals surface area contributed by atoms with E-state index < -0.39 is 5.82 Å². The van der Waals surface area contributed by atoms with Crippen LogP contribution in [-0.2, 0) is 7.05 Å². The van der Waals surface area contributed by atoms with Crippen LogP contribution in [0.3, 0.4) is 0 Å². The van der Waals surface area contributed by atoms with Gasteiger partial charge >= 0.3 is 0 Å². The Bertz CT molecular complexity index is 666. The highest BCUT2D eigenvalue weighted by Gasteiger charge is 2.32. The Hall–Kier alpha value is -1.70. The number of piperazine rings is 1. The van der Waals surface area contributed by atoms with Crippen molar-refractivity contribution in [2.45, 2.75) is 6.04 Å². The molecule has 2 aromatic heterocycles. The van der Waals surface area contributed by atoms with Crippen LogP contribution in [0.2, 0.25) is 0 Å². The minimum absolute atomic E-state index is 0. The van der Waals surface area contributed by atoms with Gasteiger partial charge in [-0.3, -0.25) is 9.78 Å². The van der Waals surface area contributed by atoms with Gasteiger partial charge in [0.2, 0.25) is 0 Å². The molecule has 0 spiro atoms. The maximum Gasteiger partial charge on any atom is 0.257 e. The monoisotopic (exact) mass is 361 g/mol. The van der Waals surface area contributed by atoms with Crippen molar-refractivity contribution >= 4 is 30.7 Å². The lowest BCUT2D eigenvalue weighted by Gasteiger charge is -2.35. The summed E-state index contributed by atoms with van der Waals surface area (Å²) in [5.41, 5.74) is 0.0473. The first kappa shape index (κ1) is 19.3. The number of hydrogen-bond donors (Lipinski definition) is 1. The van der Waals surface area contributed by atoms with E-state index in [9.17, 15) is 9.18 Å². The van der Waals surface area contributed by atoms with Gasteiger partial charge in [0.05, 0.1) is 11.8 Å². The summed E-state index contributed by atoms with van der Waals surface area (Å²) < 4.78 is 15.7. The number of nitrogens with zero attached hydrogens (tertiary/aromatic N) is 4. The maximum absolute atomic E-state index is 13.8. The molecule has 1 saturated heterocycles. The molecule has 126 valence electrons. The van der Waals surface area contributed by atoms with Crippen LogP contribution in [-0.4, -0.2) is 45.0 Å². The molecule has 3 heterocycles. The molecule has 0 saturated carbocycles. The third-order valence-corrected chi connectivity index (χ3v) is 3.66. The summed E-state index contributed by atoms with van der Waals surface area (Å²) in [5.74, 6) is -0.144. The molecular formula is C14H18Cl2FN5O. The van der Waals surface area contributed by atoms with Crippen molar-refractivity contribution in [1.82, 2.24) is 24.8 Å². The van der Waals surface area contributed by atoms with Crippen LogP contribution >= 0.6 is 24.8 Å². The molecule has 1 amide bonds. The van der Waals surface area contributed by atoms with Crippen LogP contribution in [0, 0.1) is 5.82 Å². The van der Waals surface area contributed by atoms with Crippen LogP contribution in [0.25, 0.3) is 0 Å². The first-order valence-electron chi connectivity index (χ1n) is 6.77. The zero-order valence-electron chi connectivity index (χ0n) is 12.5. The summed E-state index contributed by atoms with van der Waals surface area (Å²) in [6.07, 6.45) is 6.01. The van der Waals surface area contributed by atoms with Crippen LogP contribution in [0.1, 0.15) is 22.2 Å². The lowest BCUT2D eigenvalue weighted by Crippen LogP contribution is -2.49. The van der Waals surface area contributed by atoms with Crippen molar-refractivity contribution < 1.29 is 9.18 Å². The third kappa shape index (κ3) is 3.80. The average molecular weight is 362 g/mol. The fourth-order valence-electron chi connectivity index (χ4n) is 2.58. The van der Waals surface area contributed by atoms with Crippen LogP contribution in [0.5, 0.6) is 0 Å². The largest absolute Gasteiger partial charge is 0.336 e. The highest BCUT2D eigenvalue weighted by molar-refractivity contribution is 5.94. The van der Waals surface area contributed by atoms with Gasteiger partial charge in [-0.1, -0.05) is 0 Å². The number of halogens is 3. The molecule has 0 radical (unpaired) electrons. The standard InChI is InChI=1S/C14H16FN5O.2ClH/c1-19-6-5-18-13(19)12-9-17-4-7-20(12)14(21)10-2-3-16-8-11(10)15;;/h2-3,5-6,8,12,17H,4,7,9H2,1H3;2*1H. The molecule has 1 fully saturated rings. The molecule has 1 aliphatic rings. The van der Waals surface area contributed by atoms with Crippen LogP contribution in [0.4, 0.5) is 4.39 Å². The van der Waals surface area contributed by atoms with E-state index in [0.29, 0.717) is 19.6 Å². The van der Waals surface area contributed by atoms with Gasteiger partial charge < -0.3 is 14.8 Å². The molecule has 0 aliphatic carbocycles. The Morgan fingerprint density at radius 3 is 2.83 bits per heavy atom. The Morgan fingerprint density at radius 2 is 2.17 bits per heavy atom. The lowest BCUT2D eigenvalue weighted by molar-refractivity contribution is 0.0616. The molecule has 23 heavy (non-hydrogen) atoms. The van der Waals surface area contributed by atoms with Gasteiger partial charge in [0.15, 0.2) is 5.82 Å². The van der Waals surface area contributed by atoms with Gasteiger partial charge in [-0.15, -0.1) is 24.8 Å². The fraction of sp³-hybridized carbons (Fsp3) is 0.357. The van der Waals surface area contributed by atoms with Crippen molar-refractivity contribution in [2.75, 3.05) is 19.6 Å². The van der Waals surface area contributed by atoms with Crippen LogP contribution in [0.15, 0.2) is 30.9 Å². The zero-order chi connectivity index (χ0) is 14.8. The highest BCUT2D eigenvalue weighted by atomic mass is 35.5. The molecule has 1 N–H and O–H groups in total. The lowest BCUT2D eigenvalue weighted by atomic mass is 10.1. The number of carbonyl (C=O) groups excluding carboxylic acids is 1. The normalized spacial score (nSPS) is 17.1. The zero-order valence-corrected chi connectivity index (χ0v) is 14.1. The van der Waals surface area contributed by atoms with E-state index >= 15 is 0 Å². The quantitative estimate of drug-likeness (QED) is 0.881. The second-order valence-corrected chi connectivity index (χ2v) is 4.97. The molecule has 6 nitrogen and oxygen atoms in total. The molecule has 0 bridgehead atoms. The minimum atomic E-state index is -0.598. The summed E-state index contributed by atoms with van der Waals surface area (Å²) in [7, 11) is 1.88. The van der Waals surface area contributed by atoms with Crippen molar-refractivity contribution in [1.29, 1.82) is 0 Å². The fourth-order valence-corrected chi connectivity index (χ4v) is 2.58. The predicted octanol–water partition coefficient (Wildman–Crippen LogP) is 1.58. The number of hydrogen-bond acceptors (Lipinski definition) is 4. The Labute approximate surface area is 145 Å². The van der Waals surface area contributed by atoms with Gasteiger partial charge in [-0.05, 0) is 6.07 Å². The van der Waals surface area contributed by atoms with Gasteiger partial charge in [-0.2, -0.15) is 0 Å². The molecule has 2 aromatic rings. The summed E-state index contributed by atoms with van der Waals surface area (Å²) in [4.78, 5) is 22.3. The molecule has 1 unspecified atom stereocenters. The molecule has 9 heteroatoms. The number of imidazole rings is 1. The number of amides is 1. The Morgan fingerprint density at radius 1 is 1.39 bits per heavy atom. The molecule has 1 atom stereocenters. The van der Waals surface area contributed by atoms with Crippen molar-refractivity contribution in [2.24, 2.45) is 7.05 Å². The summed E-state index contributed by atoms with van der Waals surface area (Å²) in [6.45, 7) is 1.79. The van der Waals surface area contributed by atoms with E-state index in [1.807, 2.05) is 17.8 Å². The summed E-state index contributed by atoms with van der Waals surface area (Å²) >= 11 is 0. The van der Waals surface area contributed by atoms with Crippen molar-refractivity contribution in [3.05, 3.63) is 48.1 Å². The number of carbonyl (C=O) groups is 1. The Kier molecular flexibility index (Phi) is 6.93. The number of rotatable bonds is 2. The van der Waals surface area contributed by atoms with E-state index in [1.54, 1.807) is 11.1 Å². The second-order valence-electron chi connectivity index (χ2n) is 4.97. The number of nitrogens with one attached hydrogen (secondary N) is 1. The van der Waals surface area contributed by atoms with Gasteiger partial charge in [0, 0.05) is 45.3 Å².